The van der Waals surface area contributed by atoms with Gasteiger partial charge in [0.05, 0.1) is 27.0 Å². The molecule has 0 saturated carbocycles. The predicted molar refractivity (Wildman–Crippen MR) is 91.6 cm³/mol. The maximum absolute atomic E-state index is 12.0. The van der Waals surface area contributed by atoms with E-state index in [2.05, 4.69) is 5.32 Å². The van der Waals surface area contributed by atoms with Gasteiger partial charge in [-0.25, -0.2) is 8.42 Å². The molecular formula is C13H17Cl3N2O3S. The molecule has 0 spiro atoms. The van der Waals surface area contributed by atoms with E-state index in [9.17, 15) is 13.2 Å². The molecule has 9 heteroatoms. The minimum Gasteiger partial charge on any atom is -0.355 e. The lowest BCUT2D eigenvalue weighted by Gasteiger charge is -2.23. The minimum absolute atomic E-state index is 0.0983. The Kier molecular flexibility index (Phi) is 7.25. The van der Waals surface area contributed by atoms with Gasteiger partial charge in [0.1, 0.15) is 6.54 Å². The first kappa shape index (κ1) is 19.4. The van der Waals surface area contributed by atoms with Gasteiger partial charge in [0, 0.05) is 6.54 Å². The van der Waals surface area contributed by atoms with Crippen molar-refractivity contribution in [1.29, 1.82) is 0 Å². The molecule has 0 radical (unpaired) electrons. The number of unbranched alkanes of at least 4 members (excludes halogenated alkanes) is 1. The van der Waals surface area contributed by atoms with Gasteiger partial charge in [-0.1, -0.05) is 48.1 Å². The fourth-order valence-corrected chi connectivity index (χ4v) is 3.23. The number of nitrogens with one attached hydrogen (secondary N) is 1. The van der Waals surface area contributed by atoms with Crippen molar-refractivity contribution in [3.8, 4) is 0 Å². The second kappa shape index (κ2) is 8.24. The first-order valence-corrected chi connectivity index (χ1v) is 9.54. The van der Waals surface area contributed by atoms with E-state index in [4.69, 9.17) is 34.8 Å². The molecule has 0 atom stereocenters. The zero-order chi connectivity index (χ0) is 16.9. The summed E-state index contributed by atoms with van der Waals surface area (Å²) in [6, 6.07) is 2.67. The Morgan fingerprint density at radius 1 is 1.18 bits per heavy atom. The molecule has 0 aromatic heterocycles. The van der Waals surface area contributed by atoms with E-state index in [0.29, 0.717) is 6.54 Å². The van der Waals surface area contributed by atoms with Crippen molar-refractivity contribution in [2.45, 2.75) is 19.8 Å². The van der Waals surface area contributed by atoms with Crippen molar-refractivity contribution >= 4 is 56.4 Å². The van der Waals surface area contributed by atoms with E-state index in [-0.39, 0.29) is 27.3 Å². The molecule has 0 unspecified atom stereocenters. The molecule has 0 fully saturated rings. The van der Waals surface area contributed by atoms with E-state index in [0.717, 1.165) is 23.4 Å². The van der Waals surface area contributed by atoms with Crippen molar-refractivity contribution in [1.82, 2.24) is 5.32 Å². The van der Waals surface area contributed by atoms with Crippen LogP contribution in [0, 0.1) is 0 Å². The third-order valence-corrected chi connectivity index (χ3v) is 4.95. The van der Waals surface area contributed by atoms with Gasteiger partial charge in [-0.05, 0) is 18.6 Å². The quantitative estimate of drug-likeness (QED) is 0.576. The monoisotopic (exact) mass is 386 g/mol. The Morgan fingerprint density at radius 3 is 2.32 bits per heavy atom. The first-order chi connectivity index (χ1) is 10.2. The second-order valence-corrected chi connectivity index (χ2v) is 7.82. The summed E-state index contributed by atoms with van der Waals surface area (Å²) in [7, 11) is -3.71. The highest BCUT2D eigenvalue weighted by molar-refractivity contribution is 7.92. The number of halogens is 3. The number of benzene rings is 1. The van der Waals surface area contributed by atoms with Crippen molar-refractivity contribution < 1.29 is 13.2 Å². The summed E-state index contributed by atoms with van der Waals surface area (Å²) < 4.78 is 24.8. The van der Waals surface area contributed by atoms with Crippen LogP contribution < -0.4 is 9.62 Å². The highest BCUT2D eigenvalue weighted by atomic mass is 35.5. The number of hydrogen-bond donors (Lipinski definition) is 1. The molecule has 0 saturated heterocycles. The number of nitrogens with zero attached hydrogens (tertiary/aromatic N) is 1. The minimum atomic E-state index is -3.71. The molecular weight excluding hydrogens is 371 g/mol. The Balaban J connectivity index is 3.05. The lowest BCUT2D eigenvalue weighted by atomic mass is 10.3. The summed E-state index contributed by atoms with van der Waals surface area (Å²) in [6.07, 6.45) is 2.73. The van der Waals surface area contributed by atoms with Gasteiger partial charge in [0.25, 0.3) is 0 Å². The zero-order valence-corrected chi connectivity index (χ0v) is 15.3. The van der Waals surface area contributed by atoms with Crippen LogP contribution in [0.2, 0.25) is 15.1 Å². The average Bonchev–Trinajstić information content (AvgIpc) is 2.40. The van der Waals surface area contributed by atoms with Gasteiger partial charge in [-0.15, -0.1) is 0 Å². The smallest absolute Gasteiger partial charge is 0.240 e. The second-order valence-electron chi connectivity index (χ2n) is 4.69. The maximum atomic E-state index is 12.0. The first-order valence-electron chi connectivity index (χ1n) is 6.55. The normalized spacial score (nSPS) is 11.3. The summed E-state index contributed by atoms with van der Waals surface area (Å²) >= 11 is 17.8. The van der Waals surface area contributed by atoms with Gasteiger partial charge in [-0.2, -0.15) is 0 Å². The lowest BCUT2D eigenvalue weighted by Crippen LogP contribution is -2.40. The lowest BCUT2D eigenvalue weighted by molar-refractivity contribution is -0.119. The van der Waals surface area contributed by atoms with Gasteiger partial charge >= 0.3 is 0 Å². The van der Waals surface area contributed by atoms with E-state index in [1.54, 1.807) is 0 Å². The topological polar surface area (TPSA) is 66.5 Å². The van der Waals surface area contributed by atoms with E-state index >= 15 is 0 Å². The van der Waals surface area contributed by atoms with Gasteiger partial charge < -0.3 is 5.32 Å². The van der Waals surface area contributed by atoms with Crippen molar-refractivity contribution in [3.63, 3.8) is 0 Å². The third kappa shape index (κ3) is 5.50. The molecule has 0 aliphatic heterocycles. The van der Waals surface area contributed by atoms with Crippen LogP contribution in [0.4, 0.5) is 5.69 Å². The van der Waals surface area contributed by atoms with Crippen LogP contribution in [-0.2, 0) is 14.8 Å². The van der Waals surface area contributed by atoms with Crippen LogP contribution in [0.15, 0.2) is 12.1 Å². The summed E-state index contributed by atoms with van der Waals surface area (Å²) in [4.78, 5) is 11.9. The number of hydrogen-bond acceptors (Lipinski definition) is 3. The van der Waals surface area contributed by atoms with Crippen LogP contribution in [0.25, 0.3) is 0 Å². The SMILES string of the molecule is CCCCNC(=O)CN(c1cc(Cl)c(Cl)cc1Cl)S(C)(=O)=O. The number of rotatable bonds is 7. The van der Waals surface area contributed by atoms with E-state index in [1.807, 2.05) is 6.92 Å². The standard InChI is InChI=1S/C13H17Cl3N2O3S/c1-3-4-5-17-13(19)8-18(22(2,20)21)12-7-10(15)9(14)6-11(12)16/h6-7H,3-5,8H2,1-2H3,(H,17,19). The molecule has 1 rings (SSSR count). The number of carbonyl (C=O) groups is 1. The number of sulfonamides is 1. The molecule has 5 nitrogen and oxygen atoms in total. The molecule has 1 aromatic carbocycles. The molecule has 22 heavy (non-hydrogen) atoms. The Hall–Kier alpha value is -0.690. The Bertz CT molecular complexity index is 650. The number of anilines is 1. The fraction of sp³-hybridized carbons (Fsp3) is 0.462. The largest absolute Gasteiger partial charge is 0.355 e. The van der Waals surface area contributed by atoms with Crippen LogP contribution >= 0.6 is 34.8 Å². The molecule has 0 aliphatic rings. The fourth-order valence-electron chi connectivity index (χ4n) is 1.68. The molecule has 0 heterocycles. The van der Waals surface area contributed by atoms with Crippen LogP contribution in [0.5, 0.6) is 0 Å². The molecule has 0 bridgehead atoms. The number of carbonyl (C=O) groups excluding carboxylic acids is 1. The summed E-state index contributed by atoms with van der Waals surface area (Å²) in [6.45, 7) is 2.10. The summed E-state index contributed by atoms with van der Waals surface area (Å²) in [5, 5.41) is 3.11. The summed E-state index contributed by atoms with van der Waals surface area (Å²) in [5.41, 5.74) is 0.115. The number of amides is 1. The van der Waals surface area contributed by atoms with Crippen molar-refractivity contribution in [3.05, 3.63) is 27.2 Å². The summed E-state index contributed by atoms with van der Waals surface area (Å²) in [5.74, 6) is -0.416. The zero-order valence-electron chi connectivity index (χ0n) is 12.2. The molecule has 0 aliphatic carbocycles. The highest BCUT2D eigenvalue weighted by Crippen LogP contribution is 2.35. The average molecular weight is 388 g/mol. The van der Waals surface area contributed by atoms with Crippen LogP contribution in [0.1, 0.15) is 19.8 Å². The van der Waals surface area contributed by atoms with Crippen molar-refractivity contribution in [2.24, 2.45) is 0 Å². The molecule has 1 amide bonds. The molecule has 124 valence electrons. The van der Waals surface area contributed by atoms with Crippen molar-refractivity contribution in [2.75, 3.05) is 23.7 Å². The molecule has 1 N–H and O–H groups in total. The van der Waals surface area contributed by atoms with Gasteiger partial charge in [-0.3, -0.25) is 9.10 Å². The van der Waals surface area contributed by atoms with E-state index < -0.39 is 15.9 Å². The van der Waals surface area contributed by atoms with E-state index in [1.165, 1.54) is 12.1 Å². The highest BCUT2D eigenvalue weighted by Gasteiger charge is 2.24. The maximum Gasteiger partial charge on any atom is 0.240 e. The van der Waals surface area contributed by atoms with Crippen LogP contribution in [0.3, 0.4) is 0 Å². The third-order valence-electron chi connectivity index (χ3n) is 2.80. The van der Waals surface area contributed by atoms with Gasteiger partial charge in [0.2, 0.25) is 15.9 Å². The Morgan fingerprint density at radius 2 is 1.77 bits per heavy atom. The van der Waals surface area contributed by atoms with Crippen LogP contribution in [-0.4, -0.2) is 33.7 Å². The molecule has 1 aromatic rings. The Labute approximate surface area is 145 Å². The van der Waals surface area contributed by atoms with Gasteiger partial charge in [0.15, 0.2) is 0 Å². The predicted octanol–water partition coefficient (Wildman–Crippen LogP) is 3.33.